The average Bonchev–Trinajstić information content (AvgIpc) is 3.14. The number of carbonyl (C=O) groups excluding carboxylic acids is 1. The van der Waals surface area contributed by atoms with Crippen LogP contribution in [0, 0.1) is 5.82 Å². The summed E-state index contributed by atoms with van der Waals surface area (Å²) < 4.78 is 23.8. The lowest BCUT2D eigenvalue weighted by Crippen LogP contribution is -2.16. The molecule has 0 N–H and O–H groups in total. The molecule has 0 fully saturated rings. The van der Waals surface area contributed by atoms with Crippen molar-refractivity contribution in [2.24, 2.45) is 0 Å². The molecule has 0 saturated carbocycles. The first-order valence-corrected chi connectivity index (χ1v) is 10.1. The number of thiazole rings is 1. The zero-order chi connectivity index (χ0) is 19.1. The molecule has 4 nitrogen and oxygen atoms in total. The van der Waals surface area contributed by atoms with Gasteiger partial charge in [-0.15, -0.1) is 23.1 Å². The van der Waals surface area contributed by atoms with Crippen LogP contribution in [0.15, 0.2) is 64.9 Å². The van der Waals surface area contributed by atoms with Crippen LogP contribution in [0.4, 0.5) is 4.39 Å². The molecule has 1 atom stereocenters. The second kappa shape index (κ2) is 9.53. The fourth-order valence-corrected chi connectivity index (χ4v) is 3.75. The molecule has 0 aliphatic rings. The van der Waals surface area contributed by atoms with Crippen LogP contribution in [-0.2, 0) is 22.7 Å². The minimum Gasteiger partial charge on any atom is -0.486 e. The molecule has 27 heavy (non-hydrogen) atoms. The maximum absolute atomic E-state index is 12.9. The quantitative estimate of drug-likeness (QED) is 0.387. The van der Waals surface area contributed by atoms with Crippen molar-refractivity contribution < 1.29 is 18.7 Å². The molecule has 1 unspecified atom stereocenters. The number of thioether (sulfide) groups is 1. The van der Waals surface area contributed by atoms with E-state index in [1.807, 2.05) is 42.6 Å². The fourth-order valence-electron chi connectivity index (χ4n) is 2.17. The summed E-state index contributed by atoms with van der Waals surface area (Å²) >= 11 is 2.89. The summed E-state index contributed by atoms with van der Waals surface area (Å²) in [5.74, 6) is -0.00680. The monoisotopic (exact) mass is 403 g/mol. The number of carbonyl (C=O) groups is 1. The molecule has 1 aromatic heterocycles. The van der Waals surface area contributed by atoms with Crippen LogP contribution < -0.4 is 4.74 Å². The van der Waals surface area contributed by atoms with Gasteiger partial charge in [0.15, 0.2) is 0 Å². The third-order valence-electron chi connectivity index (χ3n) is 3.53. The maximum atomic E-state index is 12.9. The van der Waals surface area contributed by atoms with Crippen LogP contribution in [0.3, 0.4) is 0 Å². The topological polar surface area (TPSA) is 48.4 Å². The Morgan fingerprint density at radius 1 is 1.15 bits per heavy atom. The Hall–Kier alpha value is -2.38. The van der Waals surface area contributed by atoms with E-state index >= 15 is 0 Å². The molecule has 140 valence electrons. The predicted octanol–water partition coefficient (Wildman–Crippen LogP) is 5.09. The number of nitrogens with zero attached hydrogens (tertiary/aromatic N) is 1. The van der Waals surface area contributed by atoms with E-state index in [2.05, 4.69) is 4.98 Å². The van der Waals surface area contributed by atoms with E-state index in [1.165, 1.54) is 35.2 Å². The minimum atomic E-state index is -0.305. The van der Waals surface area contributed by atoms with E-state index in [0.29, 0.717) is 11.4 Å². The highest BCUT2D eigenvalue weighted by molar-refractivity contribution is 8.00. The molecule has 0 amide bonds. The molecule has 0 aliphatic carbocycles. The number of benzene rings is 2. The highest BCUT2D eigenvalue weighted by Crippen LogP contribution is 2.24. The first kappa shape index (κ1) is 19.4. The summed E-state index contributed by atoms with van der Waals surface area (Å²) in [6, 6.07) is 15.6. The van der Waals surface area contributed by atoms with E-state index in [4.69, 9.17) is 9.47 Å². The summed E-state index contributed by atoms with van der Waals surface area (Å²) in [5, 5.41) is 2.30. The Labute approximate surface area is 165 Å². The summed E-state index contributed by atoms with van der Waals surface area (Å²) in [4.78, 5) is 17.6. The zero-order valence-corrected chi connectivity index (χ0v) is 16.3. The molecule has 0 aliphatic heterocycles. The van der Waals surface area contributed by atoms with Crippen LogP contribution in [-0.4, -0.2) is 16.2 Å². The van der Waals surface area contributed by atoms with E-state index < -0.39 is 0 Å². The van der Waals surface area contributed by atoms with Crippen LogP contribution >= 0.6 is 23.1 Å². The Morgan fingerprint density at radius 3 is 2.63 bits per heavy atom. The SMILES string of the molecule is CC(Sc1ccccc1)C(=O)OCc1csc(COc2ccc(F)cc2)n1. The lowest BCUT2D eigenvalue weighted by molar-refractivity contribution is -0.144. The van der Waals surface area contributed by atoms with Gasteiger partial charge in [0.05, 0.1) is 5.69 Å². The van der Waals surface area contributed by atoms with E-state index in [0.717, 1.165) is 9.90 Å². The van der Waals surface area contributed by atoms with Crippen molar-refractivity contribution in [3.05, 3.63) is 76.5 Å². The van der Waals surface area contributed by atoms with Gasteiger partial charge in [0.25, 0.3) is 0 Å². The number of rotatable bonds is 8. The summed E-state index contributed by atoms with van der Waals surface area (Å²) in [6.45, 7) is 2.24. The standard InChI is InChI=1S/C20H18FNO3S2/c1-14(27-18-5-3-2-4-6-18)20(23)25-11-16-13-26-19(22-16)12-24-17-9-7-15(21)8-10-17/h2-10,13-14H,11-12H2,1H3. The average molecular weight is 404 g/mol. The van der Waals surface area contributed by atoms with Crippen molar-refractivity contribution in [3.63, 3.8) is 0 Å². The lowest BCUT2D eigenvalue weighted by Gasteiger charge is -2.10. The predicted molar refractivity (Wildman–Crippen MR) is 104 cm³/mol. The van der Waals surface area contributed by atoms with Crippen molar-refractivity contribution in [1.82, 2.24) is 4.98 Å². The van der Waals surface area contributed by atoms with Crippen LogP contribution in [0.2, 0.25) is 0 Å². The molecule has 1 heterocycles. The van der Waals surface area contributed by atoms with Crippen molar-refractivity contribution >= 4 is 29.1 Å². The van der Waals surface area contributed by atoms with Gasteiger partial charge >= 0.3 is 5.97 Å². The van der Waals surface area contributed by atoms with Crippen molar-refractivity contribution in [2.45, 2.75) is 30.3 Å². The van der Waals surface area contributed by atoms with Gasteiger partial charge in [-0.3, -0.25) is 4.79 Å². The molecule has 3 rings (SSSR count). The summed E-state index contributed by atoms with van der Waals surface area (Å²) in [7, 11) is 0. The Kier molecular flexibility index (Phi) is 6.84. The molecule has 0 spiro atoms. The minimum absolute atomic E-state index is 0.131. The van der Waals surface area contributed by atoms with Gasteiger partial charge < -0.3 is 9.47 Å². The Bertz CT molecular complexity index is 868. The number of ether oxygens (including phenoxy) is 2. The smallest absolute Gasteiger partial charge is 0.319 e. The van der Waals surface area contributed by atoms with Crippen molar-refractivity contribution in [3.8, 4) is 5.75 Å². The maximum Gasteiger partial charge on any atom is 0.319 e. The van der Waals surface area contributed by atoms with Gasteiger partial charge in [0.1, 0.15) is 35.0 Å². The zero-order valence-electron chi connectivity index (χ0n) is 14.6. The van der Waals surface area contributed by atoms with E-state index in [-0.39, 0.29) is 30.3 Å². The first-order valence-electron chi connectivity index (χ1n) is 8.30. The van der Waals surface area contributed by atoms with Gasteiger partial charge in [-0.2, -0.15) is 0 Å². The number of aromatic nitrogens is 1. The molecular formula is C20H18FNO3S2. The van der Waals surface area contributed by atoms with E-state index in [9.17, 15) is 9.18 Å². The number of esters is 1. The molecule has 3 aromatic rings. The van der Waals surface area contributed by atoms with Crippen LogP contribution in [0.1, 0.15) is 17.6 Å². The Balaban J connectivity index is 1.44. The first-order chi connectivity index (χ1) is 13.1. The number of halogens is 1. The lowest BCUT2D eigenvalue weighted by atomic mass is 10.3. The van der Waals surface area contributed by atoms with Crippen molar-refractivity contribution in [1.29, 1.82) is 0 Å². The molecule has 0 saturated heterocycles. The molecular weight excluding hydrogens is 385 g/mol. The van der Waals surface area contributed by atoms with Crippen LogP contribution in [0.25, 0.3) is 0 Å². The second-order valence-corrected chi connectivity index (χ2v) is 8.01. The van der Waals surface area contributed by atoms with Gasteiger partial charge in [0, 0.05) is 10.3 Å². The van der Waals surface area contributed by atoms with E-state index in [1.54, 1.807) is 12.1 Å². The largest absolute Gasteiger partial charge is 0.486 e. The Morgan fingerprint density at radius 2 is 1.89 bits per heavy atom. The van der Waals surface area contributed by atoms with Crippen LogP contribution in [0.5, 0.6) is 5.75 Å². The second-order valence-electron chi connectivity index (χ2n) is 5.66. The fraction of sp³-hybridized carbons (Fsp3) is 0.200. The summed E-state index contributed by atoms with van der Waals surface area (Å²) in [5.41, 5.74) is 0.683. The number of hydrogen-bond acceptors (Lipinski definition) is 6. The van der Waals surface area contributed by atoms with Gasteiger partial charge in [0.2, 0.25) is 0 Å². The summed E-state index contributed by atoms with van der Waals surface area (Å²) in [6.07, 6.45) is 0. The third kappa shape index (κ3) is 6.08. The molecule has 0 bridgehead atoms. The van der Waals surface area contributed by atoms with Gasteiger partial charge in [-0.25, -0.2) is 9.37 Å². The highest BCUT2D eigenvalue weighted by atomic mass is 32.2. The van der Waals surface area contributed by atoms with Gasteiger partial charge in [-0.05, 0) is 43.3 Å². The molecule has 0 radical (unpaired) electrons. The normalized spacial score (nSPS) is 11.8. The third-order valence-corrected chi connectivity index (χ3v) is 5.49. The van der Waals surface area contributed by atoms with Gasteiger partial charge in [-0.1, -0.05) is 18.2 Å². The van der Waals surface area contributed by atoms with Crippen molar-refractivity contribution in [2.75, 3.05) is 0 Å². The molecule has 7 heteroatoms. The highest BCUT2D eigenvalue weighted by Gasteiger charge is 2.16. The molecule has 2 aromatic carbocycles. The number of hydrogen-bond donors (Lipinski definition) is 0.